The van der Waals surface area contributed by atoms with Crippen LogP contribution < -0.4 is 5.32 Å². The van der Waals surface area contributed by atoms with Crippen LogP contribution in [0.3, 0.4) is 0 Å². The zero-order valence-corrected chi connectivity index (χ0v) is 10.0. The molecule has 5 heteroatoms. The second-order valence-corrected chi connectivity index (χ2v) is 3.89. The van der Waals surface area contributed by atoms with Crippen LogP contribution in [-0.4, -0.2) is 17.0 Å². The molecule has 2 aromatic rings. The third kappa shape index (κ3) is 2.71. The molecular formula is C12H11ClFN3. The molecule has 0 fully saturated rings. The number of nitrogens with zero attached hydrogens (tertiary/aromatic N) is 2. The molecule has 1 aromatic carbocycles. The zero-order valence-electron chi connectivity index (χ0n) is 9.24. The Bertz CT molecular complexity index is 511. The lowest BCUT2D eigenvalue weighted by Gasteiger charge is -2.06. The van der Waals surface area contributed by atoms with Crippen LogP contribution in [-0.2, 0) is 6.42 Å². The van der Waals surface area contributed by atoms with Crippen LogP contribution in [0.4, 0.5) is 10.2 Å². The first-order valence-corrected chi connectivity index (χ1v) is 5.51. The number of nitrogens with one attached hydrogen (secondary N) is 1. The molecule has 3 nitrogen and oxygen atoms in total. The first-order valence-electron chi connectivity index (χ1n) is 5.13. The quantitative estimate of drug-likeness (QED) is 0.912. The van der Waals surface area contributed by atoms with Crippen molar-refractivity contribution in [2.24, 2.45) is 0 Å². The number of benzene rings is 1. The molecule has 0 aliphatic carbocycles. The van der Waals surface area contributed by atoms with Crippen LogP contribution in [0.25, 0.3) is 0 Å². The maximum Gasteiger partial charge on any atom is 0.135 e. The second-order valence-electron chi connectivity index (χ2n) is 3.49. The predicted molar refractivity (Wildman–Crippen MR) is 65.8 cm³/mol. The maximum absolute atomic E-state index is 13.6. The van der Waals surface area contributed by atoms with Crippen molar-refractivity contribution in [3.63, 3.8) is 0 Å². The van der Waals surface area contributed by atoms with E-state index in [0.717, 1.165) is 0 Å². The lowest BCUT2D eigenvalue weighted by Crippen LogP contribution is -2.02. The Morgan fingerprint density at radius 3 is 2.88 bits per heavy atom. The molecule has 0 aliphatic heterocycles. The molecular weight excluding hydrogens is 241 g/mol. The summed E-state index contributed by atoms with van der Waals surface area (Å²) < 4.78 is 13.6. The molecule has 0 spiro atoms. The van der Waals surface area contributed by atoms with Gasteiger partial charge in [0.2, 0.25) is 0 Å². The van der Waals surface area contributed by atoms with Crippen LogP contribution >= 0.6 is 11.6 Å². The summed E-state index contributed by atoms with van der Waals surface area (Å²) in [6, 6.07) is 6.35. The average molecular weight is 252 g/mol. The topological polar surface area (TPSA) is 37.8 Å². The minimum absolute atomic E-state index is 0.279. The molecule has 0 saturated carbocycles. The van der Waals surface area contributed by atoms with Crippen molar-refractivity contribution >= 4 is 17.4 Å². The Balaban J connectivity index is 2.31. The number of hydrogen-bond donors (Lipinski definition) is 1. The van der Waals surface area contributed by atoms with Crippen molar-refractivity contribution in [2.75, 3.05) is 12.4 Å². The lowest BCUT2D eigenvalue weighted by molar-refractivity contribution is 0.612. The van der Waals surface area contributed by atoms with Crippen molar-refractivity contribution in [3.05, 3.63) is 52.7 Å². The van der Waals surface area contributed by atoms with E-state index in [9.17, 15) is 4.39 Å². The van der Waals surface area contributed by atoms with Gasteiger partial charge in [-0.15, -0.1) is 0 Å². The van der Waals surface area contributed by atoms with Gasteiger partial charge in [-0.2, -0.15) is 0 Å². The highest BCUT2D eigenvalue weighted by molar-refractivity contribution is 6.31. The van der Waals surface area contributed by atoms with Gasteiger partial charge >= 0.3 is 0 Å². The van der Waals surface area contributed by atoms with Crippen LogP contribution in [0, 0.1) is 5.82 Å². The van der Waals surface area contributed by atoms with E-state index in [-0.39, 0.29) is 12.2 Å². The molecule has 0 radical (unpaired) electrons. The molecule has 1 heterocycles. The lowest BCUT2D eigenvalue weighted by atomic mass is 10.1. The molecule has 0 bridgehead atoms. The van der Waals surface area contributed by atoms with E-state index in [4.69, 9.17) is 11.6 Å². The van der Waals surface area contributed by atoms with Crippen molar-refractivity contribution in [1.82, 2.24) is 9.97 Å². The van der Waals surface area contributed by atoms with Crippen molar-refractivity contribution in [2.45, 2.75) is 6.42 Å². The highest BCUT2D eigenvalue weighted by Gasteiger charge is 2.09. The second kappa shape index (κ2) is 5.10. The molecule has 0 saturated heterocycles. The van der Waals surface area contributed by atoms with Gasteiger partial charge < -0.3 is 5.32 Å². The summed E-state index contributed by atoms with van der Waals surface area (Å²) in [6.45, 7) is 0. The standard InChI is InChI=1S/C12H11ClFN3/c1-15-11-5-6-16-12(17-11)7-8-9(13)3-2-4-10(8)14/h2-6H,7H2,1H3,(H,15,16,17). The molecule has 88 valence electrons. The molecule has 0 atom stereocenters. The minimum Gasteiger partial charge on any atom is -0.373 e. The predicted octanol–water partition coefficient (Wildman–Crippen LogP) is 2.90. The van der Waals surface area contributed by atoms with Gasteiger partial charge in [-0.3, -0.25) is 0 Å². The van der Waals surface area contributed by atoms with E-state index < -0.39 is 0 Å². The van der Waals surface area contributed by atoms with Crippen molar-refractivity contribution in [1.29, 1.82) is 0 Å². The number of hydrogen-bond acceptors (Lipinski definition) is 3. The fourth-order valence-corrected chi connectivity index (χ4v) is 1.71. The van der Waals surface area contributed by atoms with Gasteiger partial charge in [-0.25, -0.2) is 14.4 Å². The Morgan fingerprint density at radius 1 is 1.35 bits per heavy atom. The Morgan fingerprint density at radius 2 is 2.18 bits per heavy atom. The maximum atomic E-state index is 13.6. The Kier molecular flexibility index (Phi) is 3.54. The van der Waals surface area contributed by atoms with Crippen LogP contribution in [0.15, 0.2) is 30.5 Å². The highest BCUT2D eigenvalue weighted by Crippen LogP contribution is 2.21. The largest absolute Gasteiger partial charge is 0.373 e. The molecule has 0 unspecified atom stereocenters. The van der Waals surface area contributed by atoms with Crippen LogP contribution in [0.1, 0.15) is 11.4 Å². The van der Waals surface area contributed by atoms with E-state index in [1.807, 2.05) is 0 Å². The van der Waals surface area contributed by atoms with Crippen molar-refractivity contribution in [3.8, 4) is 0 Å². The van der Waals surface area contributed by atoms with E-state index in [1.54, 1.807) is 31.4 Å². The summed E-state index contributed by atoms with van der Waals surface area (Å²) in [5.74, 6) is 0.891. The molecule has 1 aromatic heterocycles. The van der Waals surface area contributed by atoms with E-state index in [0.29, 0.717) is 22.2 Å². The summed E-state index contributed by atoms with van der Waals surface area (Å²) >= 11 is 5.94. The molecule has 2 rings (SSSR count). The van der Waals surface area contributed by atoms with Gasteiger partial charge in [-0.05, 0) is 18.2 Å². The van der Waals surface area contributed by atoms with E-state index in [2.05, 4.69) is 15.3 Å². The molecule has 0 amide bonds. The van der Waals surface area contributed by atoms with E-state index >= 15 is 0 Å². The number of halogens is 2. The number of rotatable bonds is 3. The third-order valence-electron chi connectivity index (χ3n) is 2.36. The van der Waals surface area contributed by atoms with Gasteiger partial charge in [0.05, 0.1) is 0 Å². The summed E-state index contributed by atoms with van der Waals surface area (Å²) in [6.07, 6.45) is 1.91. The van der Waals surface area contributed by atoms with Gasteiger partial charge in [-0.1, -0.05) is 17.7 Å². The summed E-state index contributed by atoms with van der Waals surface area (Å²) in [4.78, 5) is 8.31. The zero-order chi connectivity index (χ0) is 12.3. The fourth-order valence-electron chi connectivity index (χ4n) is 1.48. The van der Waals surface area contributed by atoms with Crippen molar-refractivity contribution < 1.29 is 4.39 Å². The van der Waals surface area contributed by atoms with Gasteiger partial charge in [0.15, 0.2) is 0 Å². The van der Waals surface area contributed by atoms with Gasteiger partial charge in [0.25, 0.3) is 0 Å². The Labute approximate surface area is 104 Å². The summed E-state index contributed by atoms with van der Waals surface area (Å²) in [5, 5.41) is 3.30. The van der Waals surface area contributed by atoms with E-state index in [1.165, 1.54) is 6.07 Å². The van der Waals surface area contributed by atoms with Gasteiger partial charge in [0.1, 0.15) is 17.5 Å². The highest BCUT2D eigenvalue weighted by atomic mass is 35.5. The Hall–Kier alpha value is -1.68. The van der Waals surface area contributed by atoms with Gasteiger partial charge in [0, 0.05) is 30.3 Å². The monoisotopic (exact) mass is 251 g/mol. The normalized spacial score (nSPS) is 10.3. The molecule has 0 aliphatic rings. The van der Waals surface area contributed by atoms with Crippen LogP contribution in [0.2, 0.25) is 5.02 Å². The van der Waals surface area contributed by atoms with Crippen LogP contribution in [0.5, 0.6) is 0 Å². The summed E-state index contributed by atoms with van der Waals surface area (Å²) in [7, 11) is 1.77. The SMILES string of the molecule is CNc1ccnc(Cc2c(F)cccc2Cl)n1. The number of aromatic nitrogens is 2. The molecule has 17 heavy (non-hydrogen) atoms. The first kappa shape index (κ1) is 11.8. The third-order valence-corrected chi connectivity index (χ3v) is 2.71. The average Bonchev–Trinajstić information content (AvgIpc) is 2.34. The molecule has 1 N–H and O–H groups in total. The summed E-state index contributed by atoms with van der Waals surface area (Å²) in [5.41, 5.74) is 0.419. The first-order chi connectivity index (χ1) is 8.20. The smallest absolute Gasteiger partial charge is 0.135 e. The minimum atomic E-state index is -0.337. The number of anilines is 1. The fraction of sp³-hybridized carbons (Fsp3) is 0.167.